The lowest BCUT2D eigenvalue weighted by molar-refractivity contribution is -0.132. The number of carbonyl (C=O) groups is 3. The summed E-state index contributed by atoms with van der Waals surface area (Å²) in [5, 5.41) is 5.26. The summed E-state index contributed by atoms with van der Waals surface area (Å²) < 4.78 is 0. The van der Waals surface area contributed by atoms with Gasteiger partial charge in [-0.25, -0.2) is 0 Å². The van der Waals surface area contributed by atoms with Crippen molar-refractivity contribution in [2.75, 3.05) is 26.2 Å². The Labute approximate surface area is 113 Å². The van der Waals surface area contributed by atoms with Gasteiger partial charge in [0.15, 0.2) is 0 Å². The molecule has 0 bridgehead atoms. The minimum absolute atomic E-state index is 0.0371. The van der Waals surface area contributed by atoms with Gasteiger partial charge in [-0.05, 0) is 19.3 Å². The van der Waals surface area contributed by atoms with E-state index in [9.17, 15) is 14.4 Å². The van der Waals surface area contributed by atoms with Crippen molar-refractivity contribution in [3.05, 3.63) is 0 Å². The number of hydrogen-bond donors (Lipinski definition) is 2. The van der Waals surface area contributed by atoms with Crippen molar-refractivity contribution in [3.8, 4) is 0 Å². The van der Waals surface area contributed by atoms with E-state index in [-0.39, 0.29) is 37.1 Å². The molecule has 0 aromatic rings. The van der Waals surface area contributed by atoms with Gasteiger partial charge in [-0.15, -0.1) is 0 Å². The third-order valence-electron chi connectivity index (χ3n) is 3.05. The van der Waals surface area contributed by atoms with Gasteiger partial charge in [0.1, 0.15) is 0 Å². The van der Waals surface area contributed by atoms with E-state index in [4.69, 9.17) is 0 Å². The second-order valence-corrected chi connectivity index (χ2v) is 4.71. The van der Waals surface area contributed by atoms with Crippen LogP contribution in [-0.2, 0) is 14.4 Å². The van der Waals surface area contributed by atoms with Crippen molar-refractivity contribution in [1.29, 1.82) is 0 Å². The van der Waals surface area contributed by atoms with Crippen molar-refractivity contribution in [3.63, 3.8) is 0 Å². The minimum Gasteiger partial charge on any atom is -0.356 e. The lowest BCUT2D eigenvalue weighted by atomic mass is 10.2. The standard InChI is InChI=1S/C13H23N3O3/c1-2-7-14-11(17)5-6-12(18)15-10-13(19)16-8-3-4-9-16/h2-10H2,1H3,(H,14,17)(H,15,18). The summed E-state index contributed by atoms with van der Waals surface area (Å²) >= 11 is 0. The first-order chi connectivity index (χ1) is 9.13. The van der Waals surface area contributed by atoms with E-state index >= 15 is 0 Å². The van der Waals surface area contributed by atoms with Gasteiger partial charge in [0.25, 0.3) is 0 Å². The summed E-state index contributed by atoms with van der Waals surface area (Å²) in [4.78, 5) is 36.2. The Hall–Kier alpha value is -1.59. The van der Waals surface area contributed by atoms with Gasteiger partial charge >= 0.3 is 0 Å². The highest BCUT2D eigenvalue weighted by Crippen LogP contribution is 2.06. The summed E-state index contributed by atoms with van der Waals surface area (Å²) in [6, 6.07) is 0. The molecule has 1 heterocycles. The highest BCUT2D eigenvalue weighted by Gasteiger charge is 2.18. The van der Waals surface area contributed by atoms with Crippen LogP contribution in [0.5, 0.6) is 0 Å². The molecule has 0 atom stereocenters. The van der Waals surface area contributed by atoms with E-state index < -0.39 is 0 Å². The molecule has 0 unspecified atom stereocenters. The van der Waals surface area contributed by atoms with Crippen LogP contribution in [0.25, 0.3) is 0 Å². The number of amides is 3. The van der Waals surface area contributed by atoms with Crippen LogP contribution in [0.4, 0.5) is 0 Å². The fraction of sp³-hybridized carbons (Fsp3) is 0.769. The highest BCUT2D eigenvalue weighted by atomic mass is 16.2. The average molecular weight is 269 g/mol. The van der Waals surface area contributed by atoms with E-state index in [1.807, 2.05) is 6.92 Å². The second kappa shape index (κ2) is 8.50. The first kappa shape index (κ1) is 15.5. The molecule has 1 aliphatic heterocycles. The van der Waals surface area contributed by atoms with Gasteiger partial charge in [-0.3, -0.25) is 14.4 Å². The lowest BCUT2D eigenvalue weighted by Gasteiger charge is -2.15. The van der Waals surface area contributed by atoms with E-state index in [2.05, 4.69) is 10.6 Å². The van der Waals surface area contributed by atoms with Crippen molar-refractivity contribution in [2.24, 2.45) is 0 Å². The van der Waals surface area contributed by atoms with Crippen molar-refractivity contribution < 1.29 is 14.4 Å². The Bertz CT molecular complexity index is 325. The first-order valence-corrected chi connectivity index (χ1v) is 6.94. The molecular weight excluding hydrogens is 246 g/mol. The number of hydrogen-bond acceptors (Lipinski definition) is 3. The normalized spacial score (nSPS) is 14.3. The van der Waals surface area contributed by atoms with Gasteiger partial charge in [0, 0.05) is 32.5 Å². The fourth-order valence-corrected chi connectivity index (χ4v) is 1.92. The zero-order chi connectivity index (χ0) is 14.1. The molecule has 2 N–H and O–H groups in total. The highest BCUT2D eigenvalue weighted by molar-refractivity contribution is 5.87. The van der Waals surface area contributed by atoms with Gasteiger partial charge in [-0.2, -0.15) is 0 Å². The Morgan fingerprint density at radius 3 is 2.16 bits per heavy atom. The number of carbonyl (C=O) groups excluding carboxylic acids is 3. The largest absolute Gasteiger partial charge is 0.356 e. The van der Waals surface area contributed by atoms with Crippen molar-refractivity contribution in [1.82, 2.24) is 15.5 Å². The van der Waals surface area contributed by atoms with Crippen LogP contribution in [0.1, 0.15) is 39.0 Å². The van der Waals surface area contributed by atoms with E-state index in [0.29, 0.717) is 6.54 Å². The predicted octanol–water partition coefficient (Wildman–Crippen LogP) is 0.0314. The third kappa shape index (κ3) is 6.22. The number of nitrogens with one attached hydrogen (secondary N) is 2. The summed E-state index contributed by atoms with van der Waals surface area (Å²) in [5.74, 6) is -0.414. The SMILES string of the molecule is CCCNC(=O)CCC(=O)NCC(=O)N1CCCC1. The Morgan fingerprint density at radius 2 is 1.58 bits per heavy atom. The summed E-state index contributed by atoms with van der Waals surface area (Å²) in [6.07, 6.45) is 3.25. The molecule has 0 aromatic heterocycles. The quantitative estimate of drug-likeness (QED) is 0.684. The topological polar surface area (TPSA) is 78.5 Å². The van der Waals surface area contributed by atoms with Crippen LogP contribution in [0.3, 0.4) is 0 Å². The van der Waals surface area contributed by atoms with Gasteiger partial charge < -0.3 is 15.5 Å². The van der Waals surface area contributed by atoms with Gasteiger partial charge in [0.2, 0.25) is 17.7 Å². The molecule has 0 aliphatic carbocycles. The van der Waals surface area contributed by atoms with Crippen LogP contribution in [0.2, 0.25) is 0 Å². The van der Waals surface area contributed by atoms with E-state index in [1.54, 1.807) is 4.90 Å². The zero-order valence-corrected chi connectivity index (χ0v) is 11.5. The van der Waals surface area contributed by atoms with Crippen molar-refractivity contribution >= 4 is 17.7 Å². The number of likely N-dealkylation sites (tertiary alicyclic amines) is 1. The van der Waals surface area contributed by atoms with Gasteiger partial charge in [-0.1, -0.05) is 6.92 Å². The van der Waals surface area contributed by atoms with Crippen LogP contribution in [0.15, 0.2) is 0 Å². The number of nitrogens with zero attached hydrogens (tertiary/aromatic N) is 1. The average Bonchev–Trinajstić information content (AvgIpc) is 2.94. The monoisotopic (exact) mass is 269 g/mol. The Balaban J connectivity index is 2.10. The van der Waals surface area contributed by atoms with Crippen LogP contribution < -0.4 is 10.6 Å². The summed E-state index contributed by atoms with van der Waals surface area (Å²) in [7, 11) is 0. The first-order valence-electron chi connectivity index (χ1n) is 6.94. The molecule has 6 nitrogen and oxygen atoms in total. The molecule has 0 aromatic carbocycles. The molecule has 1 rings (SSSR count). The molecule has 0 radical (unpaired) electrons. The van der Waals surface area contributed by atoms with Crippen molar-refractivity contribution in [2.45, 2.75) is 39.0 Å². The molecular formula is C13H23N3O3. The van der Waals surface area contributed by atoms with Crippen LogP contribution in [-0.4, -0.2) is 48.8 Å². The molecule has 6 heteroatoms. The molecule has 19 heavy (non-hydrogen) atoms. The summed E-state index contributed by atoms with van der Waals surface area (Å²) in [5.41, 5.74) is 0. The molecule has 108 valence electrons. The third-order valence-corrected chi connectivity index (χ3v) is 3.05. The summed E-state index contributed by atoms with van der Waals surface area (Å²) in [6.45, 7) is 4.21. The van der Waals surface area contributed by atoms with Crippen LogP contribution >= 0.6 is 0 Å². The lowest BCUT2D eigenvalue weighted by Crippen LogP contribution is -2.39. The van der Waals surface area contributed by atoms with Gasteiger partial charge in [0.05, 0.1) is 6.54 Å². The molecule has 0 saturated carbocycles. The van der Waals surface area contributed by atoms with Crippen LogP contribution in [0, 0.1) is 0 Å². The smallest absolute Gasteiger partial charge is 0.241 e. The Kier molecular flexibility index (Phi) is 6.92. The maximum atomic E-state index is 11.7. The Morgan fingerprint density at radius 1 is 1.00 bits per heavy atom. The predicted molar refractivity (Wildman–Crippen MR) is 71.4 cm³/mol. The fourth-order valence-electron chi connectivity index (χ4n) is 1.92. The maximum absolute atomic E-state index is 11.7. The molecule has 1 saturated heterocycles. The second-order valence-electron chi connectivity index (χ2n) is 4.71. The number of rotatable bonds is 7. The van der Waals surface area contributed by atoms with E-state index in [0.717, 1.165) is 32.4 Å². The van der Waals surface area contributed by atoms with E-state index in [1.165, 1.54) is 0 Å². The molecule has 1 aliphatic rings. The molecule has 1 fully saturated rings. The maximum Gasteiger partial charge on any atom is 0.241 e. The molecule has 0 spiro atoms. The zero-order valence-electron chi connectivity index (χ0n) is 11.5. The molecule has 3 amide bonds. The minimum atomic E-state index is -0.251.